The zero-order valence-corrected chi connectivity index (χ0v) is 17.8. The standard InChI is InChI=1S/C26H30N4O/c27-17-24(18-28)22-7-8-25-23(16-22)12-15-30(25)19-21-10-13-29(14-11-21)26(31)9-6-20-4-2-1-3-5-20/h1-5,7-8,12,15-18,21,27H,6,9-11,13-14,19,28H2/b24-18+,27-17?. The van der Waals surface area contributed by atoms with Crippen LogP contribution < -0.4 is 5.73 Å². The lowest BCUT2D eigenvalue weighted by atomic mass is 9.96. The molecule has 1 aromatic heterocycles. The first-order valence-corrected chi connectivity index (χ1v) is 11.0. The SMILES string of the molecule is N=C/C(=C\N)c1ccc2c(ccn2CC2CCN(C(=O)CCc3ccccc3)CC2)c1. The van der Waals surface area contributed by atoms with Gasteiger partial charge < -0.3 is 20.6 Å². The van der Waals surface area contributed by atoms with E-state index in [1.165, 1.54) is 23.5 Å². The summed E-state index contributed by atoms with van der Waals surface area (Å²) in [7, 11) is 0. The molecule has 0 atom stereocenters. The number of carbonyl (C=O) groups is 1. The van der Waals surface area contributed by atoms with Crippen LogP contribution in [0.3, 0.4) is 0 Å². The molecule has 4 rings (SSSR count). The molecule has 2 heterocycles. The van der Waals surface area contributed by atoms with Crippen LogP contribution in [-0.2, 0) is 17.8 Å². The molecule has 0 unspecified atom stereocenters. The minimum Gasteiger partial charge on any atom is -0.404 e. The number of fused-ring (bicyclic) bond motifs is 1. The fraction of sp³-hybridized carbons (Fsp3) is 0.308. The van der Waals surface area contributed by atoms with Crippen molar-refractivity contribution in [2.45, 2.75) is 32.2 Å². The Morgan fingerprint density at radius 3 is 2.58 bits per heavy atom. The average molecular weight is 415 g/mol. The van der Waals surface area contributed by atoms with Gasteiger partial charge in [-0.15, -0.1) is 0 Å². The molecule has 1 aliphatic heterocycles. The van der Waals surface area contributed by atoms with E-state index in [1.807, 2.05) is 29.2 Å². The van der Waals surface area contributed by atoms with Gasteiger partial charge in [0.2, 0.25) is 5.91 Å². The Balaban J connectivity index is 1.32. The number of benzene rings is 2. The zero-order valence-electron chi connectivity index (χ0n) is 17.8. The number of rotatable bonds is 7. The summed E-state index contributed by atoms with van der Waals surface area (Å²) in [6.45, 7) is 2.68. The summed E-state index contributed by atoms with van der Waals surface area (Å²) >= 11 is 0. The van der Waals surface area contributed by atoms with Crippen LogP contribution in [0.4, 0.5) is 0 Å². The number of amides is 1. The molecule has 2 aromatic carbocycles. The molecule has 5 heteroatoms. The minimum absolute atomic E-state index is 0.274. The first-order chi connectivity index (χ1) is 15.2. The predicted octanol–water partition coefficient (Wildman–Crippen LogP) is 4.46. The summed E-state index contributed by atoms with van der Waals surface area (Å²) in [5.41, 5.74) is 9.73. The van der Waals surface area contributed by atoms with Crippen molar-refractivity contribution in [2.75, 3.05) is 13.1 Å². The first-order valence-electron chi connectivity index (χ1n) is 11.0. The van der Waals surface area contributed by atoms with Gasteiger partial charge in [-0.25, -0.2) is 0 Å². The lowest BCUT2D eigenvalue weighted by molar-refractivity contribution is -0.132. The molecule has 3 aromatic rings. The van der Waals surface area contributed by atoms with E-state index in [2.05, 4.69) is 41.1 Å². The molecule has 1 fully saturated rings. The maximum absolute atomic E-state index is 12.6. The van der Waals surface area contributed by atoms with Crippen molar-refractivity contribution in [3.05, 3.63) is 78.1 Å². The lowest BCUT2D eigenvalue weighted by Crippen LogP contribution is -2.39. The fourth-order valence-electron chi connectivity index (χ4n) is 4.46. The van der Waals surface area contributed by atoms with E-state index in [1.54, 1.807) is 0 Å². The van der Waals surface area contributed by atoms with Crippen LogP contribution in [0, 0.1) is 11.3 Å². The number of aromatic nitrogens is 1. The van der Waals surface area contributed by atoms with E-state index in [0.29, 0.717) is 12.3 Å². The third kappa shape index (κ3) is 4.88. The zero-order chi connectivity index (χ0) is 21.6. The molecule has 0 spiro atoms. The number of carbonyl (C=O) groups excluding carboxylic acids is 1. The Kier molecular flexibility index (Phi) is 6.51. The lowest BCUT2D eigenvalue weighted by Gasteiger charge is -2.32. The topological polar surface area (TPSA) is 75.1 Å². The Hall–Kier alpha value is -3.34. The largest absolute Gasteiger partial charge is 0.404 e. The summed E-state index contributed by atoms with van der Waals surface area (Å²) in [6, 6.07) is 18.6. The second-order valence-electron chi connectivity index (χ2n) is 8.32. The van der Waals surface area contributed by atoms with Crippen molar-refractivity contribution >= 4 is 28.6 Å². The molecular formula is C26H30N4O. The van der Waals surface area contributed by atoms with Gasteiger partial charge in [-0.05, 0) is 54.5 Å². The van der Waals surface area contributed by atoms with Crippen LogP contribution in [-0.4, -0.2) is 34.7 Å². The predicted molar refractivity (Wildman–Crippen MR) is 127 cm³/mol. The van der Waals surface area contributed by atoms with Gasteiger partial charge in [-0.3, -0.25) is 4.79 Å². The van der Waals surface area contributed by atoms with Crippen LogP contribution >= 0.6 is 0 Å². The van der Waals surface area contributed by atoms with Gasteiger partial charge in [0.15, 0.2) is 0 Å². The number of hydrogen-bond donors (Lipinski definition) is 2. The van der Waals surface area contributed by atoms with E-state index >= 15 is 0 Å². The number of piperidine rings is 1. The number of nitrogens with one attached hydrogen (secondary N) is 1. The van der Waals surface area contributed by atoms with Gasteiger partial charge in [0.25, 0.3) is 0 Å². The van der Waals surface area contributed by atoms with Gasteiger partial charge in [-0.2, -0.15) is 0 Å². The maximum Gasteiger partial charge on any atom is 0.222 e. The van der Waals surface area contributed by atoms with Crippen LogP contribution in [0.2, 0.25) is 0 Å². The number of aryl methyl sites for hydroxylation is 1. The normalized spacial score (nSPS) is 15.4. The number of nitrogens with zero attached hydrogens (tertiary/aromatic N) is 2. The Bertz CT molecular complexity index is 1080. The number of nitrogens with two attached hydrogens (primary N) is 1. The monoisotopic (exact) mass is 414 g/mol. The molecule has 0 aliphatic carbocycles. The number of likely N-dealkylation sites (tertiary alicyclic amines) is 1. The van der Waals surface area contributed by atoms with Crippen molar-refractivity contribution in [3.63, 3.8) is 0 Å². The van der Waals surface area contributed by atoms with Crippen LogP contribution in [0.15, 0.2) is 67.0 Å². The maximum atomic E-state index is 12.6. The van der Waals surface area contributed by atoms with Crippen LogP contribution in [0.5, 0.6) is 0 Å². The molecule has 160 valence electrons. The Morgan fingerprint density at radius 1 is 1.10 bits per heavy atom. The third-order valence-electron chi connectivity index (χ3n) is 6.33. The molecule has 31 heavy (non-hydrogen) atoms. The Labute approximate surface area is 183 Å². The number of allylic oxidation sites excluding steroid dienone is 1. The van der Waals surface area contributed by atoms with Crippen LogP contribution in [0.1, 0.15) is 30.4 Å². The molecular weight excluding hydrogens is 384 g/mol. The van der Waals surface area contributed by atoms with E-state index in [0.717, 1.165) is 55.4 Å². The average Bonchev–Trinajstić information content (AvgIpc) is 3.21. The van der Waals surface area contributed by atoms with Crippen molar-refractivity contribution in [3.8, 4) is 0 Å². The Morgan fingerprint density at radius 2 is 1.87 bits per heavy atom. The van der Waals surface area contributed by atoms with Gasteiger partial charge >= 0.3 is 0 Å². The highest BCUT2D eigenvalue weighted by molar-refractivity contribution is 6.09. The van der Waals surface area contributed by atoms with Gasteiger partial charge in [0.1, 0.15) is 0 Å². The molecule has 1 amide bonds. The summed E-state index contributed by atoms with van der Waals surface area (Å²) in [5.74, 6) is 0.853. The highest BCUT2D eigenvalue weighted by atomic mass is 16.2. The summed E-state index contributed by atoms with van der Waals surface area (Å²) in [6.07, 6.45) is 8.39. The van der Waals surface area contributed by atoms with Crippen LogP contribution in [0.25, 0.3) is 16.5 Å². The second kappa shape index (κ2) is 9.65. The molecule has 0 radical (unpaired) electrons. The molecule has 5 nitrogen and oxygen atoms in total. The van der Waals surface area contributed by atoms with Crippen molar-refractivity contribution < 1.29 is 4.79 Å². The third-order valence-corrected chi connectivity index (χ3v) is 6.33. The molecule has 0 saturated carbocycles. The summed E-state index contributed by atoms with van der Waals surface area (Å²) < 4.78 is 2.31. The van der Waals surface area contributed by atoms with E-state index in [4.69, 9.17) is 11.1 Å². The highest BCUT2D eigenvalue weighted by Crippen LogP contribution is 2.25. The van der Waals surface area contributed by atoms with E-state index in [-0.39, 0.29) is 5.91 Å². The first kappa shape index (κ1) is 20.9. The highest BCUT2D eigenvalue weighted by Gasteiger charge is 2.23. The van der Waals surface area contributed by atoms with Crippen molar-refractivity contribution in [1.29, 1.82) is 5.41 Å². The van der Waals surface area contributed by atoms with Crippen molar-refractivity contribution in [1.82, 2.24) is 9.47 Å². The molecule has 3 N–H and O–H groups in total. The quantitative estimate of drug-likeness (QED) is 0.560. The van der Waals surface area contributed by atoms with Gasteiger partial charge in [-0.1, -0.05) is 36.4 Å². The molecule has 1 saturated heterocycles. The van der Waals surface area contributed by atoms with Gasteiger partial charge in [0.05, 0.1) is 0 Å². The van der Waals surface area contributed by atoms with E-state index in [9.17, 15) is 4.79 Å². The second-order valence-corrected chi connectivity index (χ2v) is 8.32. The smallest absolute Gasteiger partial charge is 0.222 e. The van der Waals surface area contributed by atoms with Crippen molar-refractivity contribution in [2.24, 2.45) is 11.7 Å². The minimum atomic E-state index is 0.274. The fourth-order valence-corrected chi connectivity index (χ4v) is 4.46. The number of hydrogen-bond acceptors (Lipinski definition) is 3. The van der Waals surface area contributed by atoms with E-state index < -0.39 is 0 Å². The molecule has 0 bridgehead atoms. The van der Waals surface area contributed by atoms with Gasteiger partial charge in [0, 0.05) is 61.1 Å². The molecule has 1 aliphatic rings. The summed E-state index contributed by atoms with van der Waals surface area (Å²) in [5, 5.41) is 8.65. The summed E-state index contributed by atoms with van der Waals surface area (Å²) in [4.78, 5) is 14.6.